The molecule has 4 heteroatoms. The standard InChI is InChI=1S/C14H11ClN2O/c1-8-2-5-13-12(6-8)17-14(18-13)10-4-3-9(16)7-11(10)15/h2-7H,16H2,1H3. The summed E-state index contributed by atoms with van der Waals surface area (Å²) >= 11 is 6.14. The lowest BCUT2D eigenvalue weighted by atomic mass is 10.2. The molecule has 0 aliphatic carbocycles. The molecule has 0 spiro atoms. The number of fused-ring (bicyclic) bond motifs is 1. The molecule has 3 aromatic rings. The van der Waals surface area contributed by atoms with Crippen LogP contribution >= 0.6 is 11.6 Å². The first-order valence-corrected chi connectivity index (χ1v) is 5.94. The molecule has 2 aromatic carbocycles. The smallest absolute Gasteiger partial charge is 0.228 e. The van der Waals surface area contributed by atoms with Crippen LogP contribution in [0.4, 0.5) is 5.69 Å². The van der Waals surface area contributed by atoms with Crippen LogP contribution in [0.15, 0.2) is 40.8 Å². The van der Waals surface area contributed by atoms with Crippen molar-refractivity contribution in [1.82, 2.24) is 4.98 Å². The van der Waals surface area contributed by atoms with Gasteiger partial charge >= 0.3 is 0 Å². The fraction of sp³-hybridized carbons (Fsp3) is 0.0714. The van der Waals surface area contributed by atoms with Crippen molar-refractivity contribution in [2.24, 2.45) is 0 Å². The van der Waals surface area contributed by atoms with Gasteiger partial charge in [0.25, 0.3) is 0 Å². The minimum absolute atomic E-state index is 0.514. The third-order valence-electron chi connectivity index (χ3n) is 2.77. The molecule has 0 bridgehead atoms. The molecular weight excluding hydrogens is 248 g/mol. The van der Waals surface area contributed by atoms with Crippen LogP contribution in [-0.2, 0) is 0 Å². The van der Waals surface area contributed by atoms with Crippen molar-refractivity contribution >= 4 is 28.4 Å². The molecule has 0 radical (unpaired) electrons. The highest BCUT2D eigenvalue weighted by Gasteiger charge is 2.11. The summed E-state index contributed by atoms with van der Waals surface area (Å²) in [5.41, 5.74) is 9.76. The molecule has 3 rings (SSSR count). The number of nitrogen functional groups attached to an aromatic ring is 1. The van der Waals surface area contributed by atoms with E-state index in [1.165, 1.54) is 0 Å². The molecule has 1 heterocycles. The second kappa shape index (κ2) is 4.03. The fourth-order valence-electron chi connectivity index (χ4n) is 1.86. The second-order valence-electron chi connectivity index (χ2n) is 4.23. The monoisotopic (exact) mass is 258 g/mol. The van der Waals surface area contributed by atoms with Crippen molar-refractivity contribution in [1.29, 1.82) is 0 Å². The quantitative estimate of drug-likeness (QED) is 0.670. The molecule has 0 saturated carbocycles. The van der Waals surface area contributed by atoms with E-state index in [0.717, 1.165) is 22.2 Å². The maximum Gasteiger partial charge on any atom is 0.228 e. The molecular formula is C14H11ClN2O. The minimum atomic E-state index is 0.514. The summed E-state index contributed by atoms with van der Waals surface area (Å²) in [6, 6.07) is 11.2. The van der Waals surface area contributed by atoms with Gasteiger partial charge in [-0.25, -0.2) is 4.98 Å². The van der Waals surface area contributed by atoms with Crippen LogP contribution in [0.1, 0.15) is 5.56 Å². The van der Waals surface area contributed by atoms with E-state index >= 15 is 0 Å². The zero-order valence-electron chi connectivity index (χ0n) is 9.77. The van der Waals surface area contributed by atoms with Gasteiger partial charge in [0.05, 0.1) is 10.6 Å². The van der Waals surface area contributed by atoms with E-state index < -0.39 is 0 Å². The second-order valence-corrected chi connectivity index (χ2v) is 4.64. The Labute approximate surface area is 109 Å². The van der Waals surface area contributed by atoms with Crippen LogP contribution in [0.25, 0.3) is 22.6 Å². The van der Waals surface area contributed by atoms with Crippen molar-refractivity contribution < 1.29 is 4.42 Å². The molecule has 0 amide bonds. The number of nitrogens with zero attached hydrogens (tertiary/aromatic N) is 1. The number of aryl methyl sites for hydroxylation is 1. The van der Waals surface area contributed by atoms with Crippen molar-refractivity contribution in [2.75, 3.05) is 5.73 Å². The zero-order chi connectivity index (χ0) is 12.7. The number of hydrogen-bond acceptors (Lipinski definition) is 3. The van der Waals surface area contributed by atoms with Gasteiger partial charge in [-0.05, 0) is 42.8 Å². The average molecular weight is 259 g/mol. The lowest BCUT2D eigenvalue weighted by molar-refractivity contribution is 0.620. The first kappa shape index (κ1) is 11.1. The highest BCUT2D eigenvalue weighted by Crippen LogP contribution is 2.31. The SMILES string of the molecule is Cc1ccc2oc(-c3ccc(N)cc3Cl)nc2c1. The number of halogens is 1. The third kappa shape index (κ3) is 1.83. The molecule has 0 unspecified atom stereocenters. The van der Waals surface area contributed by atoms with Gasteiger partial charge in [0.15, 0.2) is 5.58 Å². The summed E-state index contributed by atoms with van der Waals surface area (Å²) in [5, 5.41) is 0.540. The summed E-state index contributed by atoms with van der Waals surface area (Å²) in [6.45, 7) is 2.02. The molecule has 2 N–H and O–H groups in total. The Morgan fingerprint density at radius 1 is 1.17 bits per heavy atom. The van der Waals surface area contributed by atoms with E-state index in [4.69, 9.17) is 21.8 Å². The number of oxazole rings is 1. The van der Waals surface area contributed by atoms with E-state index in [9.17, 15) is 0 Å². The van der Waals surface area contributed by atoms with Crippen LogP contribution in [0.2, 0.25) is 5.02 Å². The summed E-state index contributed by atoms with van der Waals surface area (Å²) in [5.74, 6) is 0.514. The Balaban J connectivity index is 2.19. The molecule has 0 aliphatic heterocycles. The summed E-state index contributed by atoms with van der Waals surface area (Å²) in [6.07, 6.45) is 0. The Kier molecular flexibility index (Phi) is 2.49. The molecule has 0 aliphatic rings. The van der Waals surface area contributed by atoms with E-state index in [1.54, 1.807) is 12.1 Å². The summed E-state index contributed by atoms with van der Waals surface area (Å²) < 4.78 is 5.69. The van der Waals surface area contributed by atoms with Gasteiger partial charge in [0.2, 0.25) is 5.89 Å². The maximum atomic E-state index is 6.14. The first-order valence-electron chi connectivity index (χ1n) is 5.56. The van der Waals surface area contributed by atoms with E-state index in [2.05, 4.69) is 4.98 Å². The van der Waals surface area contributed by atoms with Gasteiger partial charge in [-0.3, -0.25) is 0 Å². The Bertz CT molecular complexity index is 734. The number of benzene rings is 2. The van der Waals surface area contributed by atoms with Crippen LogP contribution in [0.5, 0.6) is 0 Å². The number of rotatable bonds is 1. The average Bonchev–Trinajstić information content (AvgIpc) is 2.71. The van der Waals surface area contributed by atoms with E-state index in [1.807, 2.05) is 31.2 Å². The van der Waals surface area contributed by atoms with Crippen LogP contribution in [-0.4, -0.2) is 4.98 Å². The Morgan fingerprint density at radius 2 is 2.00 bits per heavy atom. The lowest BCUT2D eigenvalue weighted by Gasteiger charge is -1.99. The predicted molar refractivity (Wildman–Crippen MR) is 73.6 cm³/mol. The minimum Gasteiger partial charge on any atom is -0.436 e. The van der Waals surface area contributed by atoms with E-state index in [-0.39, 0.29) is 0 Å². The van der Waals surface area contributed by atoms with Gasteiger partial charge in [0.1, 0.15) is 5.52 Å². The predicted octanol–water partition coefficient (Wildman–Crippen LogP) is 4.04. The van der Waals surface area contributed by atoms with Gasteiger partial charge in [0, 0.05) is 5.69 Å². The summed E-state index contributed by atoms with van der Waals surface area (Å²) in [7, 11) is 0. The van der Waals surface area contributed by atoms with Crippen molar-refractivity contribution in [3.63, 3.8) is 0 Å². The van der Waals surface area contributed by atoms with Crippen LogP contribution < -0.4 is 5.73 Å². The maximum absolute atomic E-state index is 6.14. The number of hydrogen-bond donors (Lipinski definition) is 1. The highest BCUT2D eigenvalue weighted by atomic mass is 35.5. The Hall–Kier alpha value is -2.00. The Morgan fingerprint density at radius 3 is 2.78 bits per heavy atom. The highest BCUT2D eigenvalue weighted by molar-refractivity contribution is 6.33. The topological polar surface area (TPSA) is 52.0 Å². The molecule has 0 atom stereocenters. The van der Waals surface area contributed by atoms with Crippen LogP contribution in [0, 0.1) is 6.92 Å². The number of anilines is 1. The molecule has 1 aromatic heterocycles. The number of nitrogens with two attached hydrogens (primary N) is 1. The lowest BCUT2D eigenvalue weighted by Crippen LogP contribution is -1.85. The third-order valence-corrected chi connectivity index (χ3v) is 3.08. The zero-order valence-corrected chi connectivity index (χ0v) is 10.5. The van der Waals surface area contributed by atoms with Gasteiger partial charge in [-0.15, -0.1) is 0 Å². The van der Waals surface area contributed by atoms with Crippen molar-refractivity contribution in [3.05, 3.63) is 47.0 Å². The molecule has 90 valence electrons. The number of aromatic nitrogens is 1. The molecule has 0 fully saturated rings. The van der Waals surface area contributed by atoms with Crippen molar-refractivity contribution in [3.8, 4) is 11.5 Å². The largest absolute Gasteiger partial charge is 0.436 e. The van der Waals surface area contributed by atoms with Crippen molar-refractivity contribution in [2.45, 2.75) is 6.92 Å². The molecule has 3 nitrogen and oxygen atoms in total. The summed E-state index contributed by atoms with van der Waals surface area (Å²) in [4.78, 5) is 4.44. The van der Waals surface area contributed by atoms with Gasteiger partial charge in [-0.2, -0.15) is 0 Å². The molecule has 0 saturated heterocycles. The van der Waals surface area contributed by atoms with E-state index in [0.29, 0.717) is 16.6 Å². The van der Waals surface area contributed by atoms with Crippen LogP contribution in [0.3, 0.4) is 0 Å². The first-order chi connectivity index (χ1) is 8.63. The normalized spacial score (nSPS) is 11.0. The van der Waals surface area contributed by atoms with Gasteiger partial charge < -0.3 is 10.2 Å². The fourth-order valence-corrected chi connectivity index (χ4v) is 2.13. The van der Waals surface area contributed by atoms with Gasteiger partial charge in [-0.1, -0.05) is 17.7 Å². The molecule has 18 heavy (non-hydrogen) atoms.